The van der Waals surface area contributed by atoms with Crippen LogP contribution in [0.3, 0.4) is 0 Å². The van der Waals surface area contributed by atoms with Crippen molar-refractivity contribution < 1.29 is 34.8 Å². The number of hydrogen-bond acceptors (Lipinski definition) is 3. The van der Waals surface area contributed by atoms with Crippen molar-refractivity contribution in [3.05, 3.63) is 7.43 Å². The smallest absolute Gasteiger partial charge is 0.545 e. The third-order valence-electron chi connectivity index (χ3n) is 3.06. The van der Waals surface area contributed by atoms with E-state index in [1.165, 1.54) is 0 Å². The number of aliphatic hydroxyl groups excluding tert-OH is 1. The Hall–Kier alpha value is -0.0506. The van der Waals surface area contributed by atoms with Gasteiger partial charge in [-0.15, -0.1) is 0 Å². The van der Waals surface area contributed by atoms with Crippen molar-refractivity contribution in [3.8, 4) is 0 Å². The van der Waals surface area contributed by atoms with Gasteiger partial charge in [0, 0.05) is 7.11 Å². The Labute approximate surface area is 127 Å². The first kappa shape index (κ1) is 30.8. The number of rotatable bonds is 2. The van der Waals surface area contributed by atoms with Gasteiger partial charge in [0.2, 0.25) is 0 Å². The van der Waals surface area contributed by atoms with Gasteiger partial charge in [-0.3, -0.25) is 13.6 Å². The van der Waals surface area contributed by atoms with E-state index in [9.17, 15) is 0 Å². The van der Waals surface area contributed by atoms with E-state index in [0.717, 1.165) is 36.7 Å². The van der Waals surface area contributed by atoms with Crippen LogP contribution in [-0.2, 0) is 29.7 Å². The summed E-state index contributed by atoms with van der Waals surface area (Å²) < 4.78 is 0. The molecule has 1 saturated carbocycles. The molecule has 1 aliphatic carbocycles. The van der Waals surface area contributed by atoms with Crippen LogP contribution >= 0.6 is 0 Å². The number of aliphatic hydroxyl groups is 1. The van der Waals surface area contributed by atoms with Gasteiger partial charge in [-0.1, -0.05) is 34.6 Å². The Bertz CT molecular complexity index is 136. The molecule has 18 heavy (non-hydrogen) atoms. The molecule has 4 heteroatoms. The van der Waals surface area contributed by atoms with E-state index in [-0.39, 0.29) is 27.5 Å². The summed E-state index contributed by atoms with van der Waals surface area (Å²) in [6.45, 7) is 18.3. The molecule has 0 radical (unpaired) electrons. The second-order valence-corrected chi connectivity index (χ2v) is 4.50. The third kappa shape index (κ3) is 11.1. The second kappa shape index (κ2) is 19.3. The van der Waals surface area contributed by atoms with Crippen LogP contribution < -0.4 is 0 Å². The summed E-state index contributed by atoms with van der Waals surface area (Å²) in [5, 5.41) is 7.00. The minimum absolute atomic E-state index is 0. The molecule has 0 aromatic rings. The molecule has 0 heterocycles. The average Bonchev–Trinajstić information content (AvgIpc) is 2.99. The molecule has 1 N–H and O–H groups in total. The summed E-state index contributed by atoms with van der Waals surface area (Å²) in [5.74, 6) is 4.87. The fourth-order valence-electron chi connectivity index (χ4n) is 2.63. The minimum Gasteiger partial charge on any atom is -0.545 e. The number of carbonyl (C=O) groups excluding carboxylic acids is 2. The monoisotopic (exact) mass is 438 g/mol. The molecule has 2 unspecified atom stereocenters. The van der Waals surface area contributed by atoms with Crippen molar-refractivity contribution in [3.63, 3.8) is 0 Å². The maximum Gasteiger partial charge on any atom is 3.00 e. The molecule has 1 fully saturated rings. The van der Waals surface area contributed by atoms with Crippen molar-refractivity contribution in [2.24, 2.45) is 29.6 Å². The molecule has 3 nitrogen and oxygen atoms in total. The maximum atomic E-state index is 7.75. The van der Waals surface area contributed by atoms with Crippen molar-refractivity contribution in [1.82, 2.24) is 0 Å². The number of hydrogen-bond donors (Lipinski definition) is 1. The molecule has 0 bridgehead atoms. The van der Waals surface area contributed by atoms with E-state index in [1.54, 1.807) is 0 Å². The molecule has 0 spiro atoms. The standard InChI is InChI=1S/C10H20.CH4O.2CHO.CH3.Ir/c1-6(2)9-8(5)10(9)7(3)4;3*1-2;;/h6-10H,1-5H3;2H,1H3;2*1H;1H3;/q;;3*-1;+3. The van der Waals surface area contributed by atoms with E-state index < -0.39 is 0 Å². The zero-order valence-corrected chi connectivity index (χ0v) is 15.0. The Balaban J connectivity index is -0.0000000623. The van der Waals surface area contributed by atoms with Gasteiger partial charge in [-0.2, -0.15) is 0 Å². The SMILES string of the molecule is CC(C)C1C(C)C1C(C)C.CO.[CH-]=O.[CH-]=O.[CH3-].[Ir+3]. The zero-order chi connectivity index (χ0) is 13.9. The average molecular weight is 438 g/mol. The molecule has 112 valence electrons. The Morgan fingerprint density at radius 2 is 1.00 bits per heavy atom. The van der Waals surface area contributed by atoms with Crippen LogP contribution in [0.25, 0.3) is 0 Å². The van der Waals surface area contributed by atoms with E-state index in [0.29, 0.717) is 0 Å². The summed E-state index contributed by atoms with van der Waals surface area (Å²) in [4.78, 5) is 15.5. The molecule has 0 aliphatic heterocycles. The largest absolute Gasteiger partial charge is 3.00 e. The first-order chi connectivity index (χ1) is 7.55. The predicted octanol–water partition coefficient (Wildman–Crippen LogP) is 2.69. The van der Waals surface area contributed by atoms with Gasteiger partial charge in [0.15, 0.2) is 0 Å². The summed E-state index contributed by atoms with van der Waals surface area (Å²) in [7, 11) is 1.00. The molecule has 1 aliphatic rings. The topological polar surface area (TPSA) is 54.4 Å². The predicted molar refractivity (Wildman–Crippen MR) is 73.9 cm³/mol. The van der Waals surface area contributed by atoms with Crippen LogP contribution in [0.15, 0.2) is 0 Å². The molecular weight excluding hydrogens is 408 g/mol. The summed E-state index contributed by atoms with van der Waals surface area (Å²) in [6.07, 6.45) is 0. The zero-order valence-electron chi connectivity index (χ0n) is 12.6. The molecule has 0 saturated heterocycles. The third-order valence-corrected chi connectivity index (χ3v) is 3.06. The molecule has 1 rings (SSSR count). The first-order valence-electron chi connectivity index (χ1n) is 5.47. The van der Waals surface area contributed by atoms with Gasteiger partial charge in [0.1, 0.15) is 0 Å². The van der Waals surface area contributed by atoms with Crippen LogP contribution in [0, 0.1) is 37.0 Å². The van der Waals surface area contributed by atoms with Crippen molar-refractivity contribution in [2.45, 2.75) is 34.6 Å². The van der Waals surface area contributed by atoms with E-state index in [1.807, 2.05) is 0 Å². The fraction of sp³-hybridized carbons (Fsp3) is 0.786. The minimum atomic E-state index is 0. The second-order valence-electron chi connectivity index (χ2n) is 4.50. The molecule has 0 aromatic carbocycles. The van der Waals surface area contributed by atoms with Gasteiger partial charge < -0.3 is 22.1 Å². The van der Waals surface area contributed by atoms with Gasteiger partial charge in [0.05, 0.1) is 0 Å². The van der Waals surface area contributed by atoms with E-state index in [4.69, 9.17) is 14.7 Å². The van der Waals surface area contributed by atoms with Gasteiger partial charge >= 0.3 is 20.1 Å². The van der Waals surface area contributed by atoms with Crippen molar-refractivity contribution in [1.29, 1.82) is 0 Å². The Morgan fingerprint density at radius 3 is 1.06 bits per heavy atom. The molecular formula is C14H29IrO3. The molecule has 2 atom stereocenters. The summed E-state index contributed by atoms with van der Waals surface area (Å²) >= 11 is 0. The molecule has 0 amide bonds. The van der Waals surface area contributed by atoms with Crippen LogP contribution in [0.5, 0.6) is 0 Å². The Kier molecular flexibility index (Phi) is 33.0. The van der Waals surface area contributed by atoms with E-state index in [2.05, 4.69) is 48.2 Å². The van der Waals surface area contributed by atoms with Crippen molar-refractivity contribution >= 4 is 13.6 Å². The van der Waals surface area contributed by atoms with Crippen molar-refractivity contribution in [2.75, 3.05) is 7.11 Å². The van der Waals surface area contributed by atoms with Crippen LogP contribution in [0.1, 0.15) is 34.6 Å². The van der Waals surface area contributed by atoms with Crippen LogP contribution in [0.4, 0.5) is 0 Å². The normalized spacial score (nSPS) is 22.6. The first-order valence-corrected chi connectivity index (χ1v) is 5.47. The molecule has 0 aromatic heterocycles. The van der Waals surface area contributed by atoms with Gasteiger partial charge in [0.25, 0.3) is 0 Å². The fourth-order valence-corrected chi connectivity index (χ4v) is 2.63. The quantitative estimate of drug-likeness (QED) is 0.534. The summed E-state index contributed by atoms with van der Waals surface area (Å²) in [6, 6.07) is 0. The van der Waals surface area contributed by atoms with E-state index >= 15 is 0 Å². The van der Waals surface area contributed by atoms with Gasteiger partial charge in [-0.25, -0.2) is 0 Å². The Morgan fingerprint density at radius 1 is 0.833 bits per heavy atom. The summed E-state index contributed by atoms with van der Waals surface area (Å²) in [5.41, 5.74) is 0. The van der Waals surface area contributed by atoms with Crippen LogP contribution in [0.2, 0.25) is 0 Å². The van der Waals surface area contributed by atoms with Crippen LogP contribution in [-0.4, -0.2) is 25.8 Å². The maximum absolute atomic E-state index is 7.75. The van der Waals surface area contributed by atoms with Gasteiger partial charge in [-0.05, 0) is 29.6 Å².